The Balaban J connectivity index is 0.000000791. The van der Waals surface area contributed by atoms with E-state index in [9.17, 15) is 4.79 Å². The molecule has 0 saturated heterocycles. The fourth-order valence-electron chi connectivity index (χ4n) is 0.914. The molecule has 0 aromatic heterocycles. The lowest BCUT2D eigenvalue weighted by atomic mass is 10.1. The Morgan fingerprint density at radius 3 is 2.14 bits per heavy atom. The van der Waals surface area contributed by atoms with Crippen molar-refractivity contribution >= 4 is 5.97 Å². The number of aryl methyl sites for hydroxylation is 1. The standard InChI is InChI=1S/C9H10O3.C2H6/c10-8-4-1-7(2-5-8)3-6-9(11)12;1-2/h1-2,4-5,10H,3,6H2,(H,11,12);1-2H3. The third kappa shape index (κ3) is 5.19. The molecule has 0 atom stereocenters. The van der Waals surface area contributed by atoms with E-state index in [0.29, 0.717) is 6.42 Å². The average molecular weight is 196 g/mol. The van der Waals surface area contributed by atoms with Crippen molar-refractivity contribution < 1.29 is 15.0 Å². The zero-order valence-electron chi connectivity index (χ0n) is 8.53. The summed E-state index contributed by atoms with van der Waals surface area (Å²) in [7, 11) is 0. The van der Waals surface area contributed by atoms with E-state index in [1.807, 2.05) is 13.8 Å². The van der Waals surface area contributed by atoms with Crippen molar-refractivity contribution in [3.05, 3.63) is 29.8 Å². The molecule has 0 unspecified atom stereocenters. The van der Waals surface area contributed by atoms with Crippen LogP contribution in [0.5, 0.6) is 5.75 Å². The van der Waals surface area contributed by atoms with Gasteiger partial charge in [-0.1, -0.05) is 26.0 Å². The Morgan fingerprint density at radius 1 is 1.21 bits per heavy atom. The predicted molar refractivity (Wildman–Crippen MR) is 55.4 cm³/mol. The van der Waals surface area contributed by atoms with Gasteiger partial charge < -0.3 is 10.2 Å². The normalized spacial score (nSPS) is 8.71. The van der Waals surface area contributed by atoms with Gasteiger partial charge in [0.2, 0.25) is 0 Å². The van der Waals surface area contributed by atoms with E-state index in [1.165, 1.54) is 0 Å². The van der Waals surface area contributed by atoms with Crippen molar-refractivity contribution in [1.29, 1.82) is 0 Å². The van der Waals surface area contributed by atoms with Crippen LogP contribution in [-0.4, -0.2) is 16.2 Å². The molecule has 0 aliphatic rings. The van der Waals surface area contributed by atoms with Gasteiger partial charge in [0, 0.05) is 6.42 Å². The van der Waals surface area contributed by atoms with Crippen LogP contribution in [0.2, 0.25) is 0 Å². The van der Waals surface area contributed by atoms with Crippen LogP contribution in [0.1, 0.15) is 25.8 Å². The number of carboxylic acid groups (broad SMARTS) is 1. The summed E-state index contributed by atoms with van der Waals surface area (Å²) in [6, 6.07) is 6.55. The van der Waals surface area contributed by atoms with Crippen LogP contribution in [0.4, 0.5) is 0 Å². The van der Waals surface area contributed by atoms with Gasteiger partial charge in [0.1, 0.15) is 5.75 Å². The van der Waals surface area contributed by atoms with E-state index in [4.69, 9.17) is 10.2 Å². The largest absolute Gasteiger partial charge is 0.508 e. The molecule has 1 aromatic carbocycles. The molecule has 0 saturated carbocycles. The summed E-state index contributed by atoms with van der Waals surface area (Å²) in [4.78, 5) is 10.2. The van der Waals surface area contributed by atoms with Gasteiger partial charge in [-0.05, 0) is 24.1 Å². The highest BCUT2D eigenvalue weighted by molar-refractivity contribution is 5.67. The minimum absolute atomic E-state index is 0.130. The number of carboxylic acids is 1. The van der Waals surface area contributed by atoms with Crippen molar-refractivity contribution in [3.8, 4) is 5.75 Å². The van der Waals surface area contributed by atoms with Crippen LogP contribution in [0, 0.1) is 0 Å². The molecule has 2 N–H and O–H groups in total. The van der Waals surface area contributed by atoms with E-state index >= 15 is 0 Å². The van der Waals surface area contributed by atoms with Gasteiger partial charge >= 0.3 is 5.97 Å². The highest BCUT2D eigenvalue weighted by Crippen LogP contribution is 2.10. The summed E-state index contributed by atoms with van der Waals surface area (Å²) in [5, 5.41) is 17.3. The summed E-state index contributed by atoms with van der Waals surface area (Å²) in [5.41, 5.74) is 0.926. The smallest absolute Gasteiger partial charge is 0.303 e. The first-order valence-corrected chi connectivity index (χ1v) is 4.68. The second kappa shape index (κ2) is 6.95. The predicted octanol–water partition coefficient (Wildman–Crippen LogP) is 2.44. The molecule has 3 nitrogen and oxygen atoms in total. The van der Waals surface area contributed by atoms with Gasteiger partial charge in [-0.3, -0.25) is 4.79 Å². The second-order valence-electron chi connectivity index (χ2n) is 2.56. The van der Waals surface area contributed by atoms with Crippen molar-refractivity contribution in [2.75, 3.05) is 0 Å². The van der Waals surface area contributed by atoms with Gasteiger partial charge in [-0.2, -0.15) is 0 Å². The summed E-state index contributed by atoms with van der Waals surface area (Å²) >= 11 is 0. The van der Waals surface area contributed by atoms with E-state index < -0.39 is 5.97 Å². The second-order valence-corrected chi connectivity index (χ2v) is 2.56. The van der Waals surface area contributed by atoms with E-state index in [0.717, 1.165) is 5.56 Å². The van der Waals surface area contributed by atoms with Crippen molar-refractivity contribution in [2.24, 2.45) is 0 Å². The molecule has 1 aromatic rings. The number of hydrogen-bond acceptors (Lipinski definition) is 2. The number of hydrogen-bond donors (Lipinski definition) is 2. The molecule has 0 spiro atoms. The van der Waals surface area contributed by atoms with Crippen LogP contribution < -0.4 is 0 Å². The molecule has 0 fully saturated rings. The maximum Gasteiger partial charge on any atom is 0.303 e. The molecule has 78 valence electrons. The lowest BCUT2D eigenvalue weighted by molar-refractivity contribution is -0.136. The van der Waals surface area contributed by atoms with Gasteiger partial charge in [0.15, 0.2) is 0 Å². The number of phenolic OH excluding ortho intramolecular Hbond substituents is 1. The minimum atomic E-state index is -0.803. The molecular formula is C11H16O3. The number of aliphatic carboxylic acids is 1. The molecule has 3 heteroatoms. The molecule has 0 aliphatic carbocycles. The van der Waals surface area contributed by atoms with E-state index in [2.05, 4.69) is 0 Å². The Labute approximate surface area is 84.0 Å². The van der Waals surface area contributed by atoms with Gasteiger partial charge in [-0.25, -0.2) is 0 Å². The van der Waals surface area contributed by atoms with Gasteiger partial charge in [-0.15, -0.1) is 0 Å². The summed E-state index contributed by atoms with van der Waals surface area (Å²) in [6.45, 7) is 4.00. The number of benzene rings is 1. The topological polar surface area (TPSA) is 57.5 Å². The molecule has 0 aliphatic heterocycles. The molecular weight excluding hydrogens is 180 g/mol. The molecule has 0 bridgehead atoms. The Hall–Kier alpha value is -1.51. The number of rotatable bonds is 3. The monoisotopic (exact) mass is 196 g/mol. The number of carbonyl (C=O) groups is 1. The minimum Gasteiger partial charge on any atom is -0.508 e. The molecule has 14 heavy (non-hydrogen) atoms. The fourth-order valence-corrected chi connectivity index (χ4v) is 0.914. The highest BCUT2D eigenvalue weighted by Gasteiger charge is 1.98. The lowest BCUT2D eigenvalue weighted by Gasteiger charge is -1.97. The molecule has 1 rings (SSSR count). The zero-order chi connectivity index (χ0) is 11.0. The summed E-state index contributed by atoms with van der Waals surface area (Å²) in [6.07, 6.45) is 0.639. The first kappa shape index (κ1) is 12.5. The third-order valence-electron chi connectivity index (χ3n) is 1.56. The van der Waals surface area contributed by atoms with E-state index in [-0.39, 0.29) is 12.2 Å². The average Bonchev–Trinajstić information content (AvgIpc) is 2.20. The maximum atomic E-state index is 10.2. The van der Waals surface area contributed by atoms with Crippen molar-refractivity contribution in [3.63, 3.8) is 0 Å². The SMILES string of the molecule is CC.O=C(O)CCc1ccc(O)cc1. The van der Waals surface area contributed by atoms with Crippen LogP contribution in [0.25, 0.3) is 0 Å². The number of phenols is 1. The summed E-state index contributed by atoms with van der Waals surface area (Å²) < 4.78 is 0. The first-order valence-electron chi connectivity index (χ1n) is 4.68. The quantitative estimate of drug-likeness (QED) is 0.780. The lowest BCUT2D eigenvalue weighted by Crippen LogP contribution is -1.96. The van der Waals surface area contributed by atoms with Crippen molar-refractivity contribution in [2.45, 2.75) is 26.7 Å². The Kier molecular flexibility index (Phi) is 6.20. The molecule has 0 radical (unpaired) electrons. The zero-order valence-corrected chi connectivity index (χ0v) is 8.53. The summed E-state index contributed by atoms with van der Waals surface area (Å²) in [5.74, 6) is -0.600. The van der Waals surface area contributed by atoms with E-state index in [1.54, 1.807) is 24.3 Å². The first-order chi connectivity index (χ1) is 6.68. The van der Waals surface area contributed by atoms with Crippen LogP contribution in [0.3, 0.4) is 0 Å². The highest BCUT2D eigenvalue weighted by atomic mass is 16.4. The maximum absolute atomic E-state index is 10.2. The van der Waals surface area contributed by atoms with Gasteiger partial charge in [0.25, 0.3) is 0 Å². The third-order valence-corrected chi connectivity index (χ3v) is 1.56. The Bertz CT molecular complexity index is 264. The van der Waals surface area contributed by atoms with Crippen LogP contribution >= 0.6 is 0 Å². The van der Waals surface area contributed by atoms with Crippen LogP contribution in [-0.2, 0) is 11.2 Å². The molecule has 0 amide bonds. The van der Waals surface area contributed by atoms with Crippen molar-refractivity contribution in [1.82, 2.24) is 0 Å². The molecule has 0 heterocycles. The number of aromatic hydroxyl groups is 1. The van der Waals surface area contributed by atoms with Gasteiger partial charge in [0.05, 0.1) is 0 Å². The van der Waals surface area contributed by atoms with Crippen LogP contribution in [0.15, 0.2) is 24.3 Å². The fraction of sp³-hybridized carbons (Fsp3) is 0.364. The Morgan fingerprint density at radius 2 is 1.71 bits per heavy atom.